The molecule has 2 unspecified atom stereocenters. The SMILES string of the molecule is CN(c1ccc2c(c1)S(=O)(=O)N=C(C1C(=O)C3CCCN3N(CCC(C)(C)C)C1=O)N2)S(C)(=O)=O. The van der Waals surface area contributed by atoms with Crippen LogP contribution in [0.1, 0.15) is 40.0 Å². The van der Waals surface area contributed by atoms with Crippen molar-refractivity contribution in [2.75, 3.05) is 36.0 Å². The van der Waals surface area contributed by atoms with Gasteiger partial charge in [0.1, 0.15) is 10.7 Å². The molecule has 1 N–H and O–H groups in total. The molecule has 2 fully saturated rings. The lowest BCUT2D eigenvalue weighted by Gasteiger charge is -2.43. The van der Waals surface area contributed by atoms with Crippen LogP contribution in [-0.2, 0) is 29.6 Å². The molecule has 0 aliphatic carbocycles. The molecule has 3 heterocycles. The van der Waals surface area contributed by atoms with Gasteiger partial charge >= 0.3 is 0 Å². The van der Waals surface area contributed by atoms with Crippen molar-refractivity contribution >= 4 is 48.9 Å². The van der Waals surface area contributed by atoms with E-state index in [0.717, 1.165) is 17.0 Å². The summed E-state index contributed by atoms with van der Waals surface area (Å²) in [5, 5.41) is 6.28. The quantitative estimate of drug-likeness (QED) is 0.570. The summed E-state index contributed by atoms with van der Waals surface area (Å²) in [5.41, 5.74) is 0.248. The Bertz CT molecular complexity index is 1320. The van der Waals surface area contributed by atoms with Crippen LogP contribution < -0.4 is 9.62 Å². The summed E-state index contributed by atoms with van der Waals surface area (Å²) in [6.45, 7) is 7.21. The molecule has 2 saturated heterocycles. The third-order valence-corrected chi connectivity index (χ3v) is 9.12. The van der Waals surface area contributed by atoms with Gasteiger partial charge in [-0.3, -0.25) is 18.9 Å². The smallest absolute Gasteiger partial charge is 0.286 e. The summed E-state index contributed by atoms with van der Waals surface area (Å²) in [5.74, 6) is -2.42. The van der Waals surface area contributed by atoms with Crippen LogP contribution in [0.3, 0.4) is 0 Å². The molecule has 192 valence electrons. The number of carbonyl (C=O) groups is 2. The summed E-state index contributed by atoms with van der Waals surface area (Å²) in [7, 11) is -6.59. The van der Waals surface area contributed by atoms with E-state index in [-0.39, 0.29) is 33.3 Å². The number of rotatable bonds is 5. The van der Waals surface area contributed by atoms with Gasteiger partial charge in [-0.25, -0.2) is 13.4 Å². The van der Waals surface area contributed by atoms with E-state index >= 15 is 0 Å². The van der Waals surface area contributed by atoms with Gasteiger partial charge in [-0.1, -0.05) is 20.8 Å². The maximum atomic E-state index is 13.5. The van der Waals surface area contributed by atoms with Gasteiger partial charge in [0.2, 0.25) is 10.0 Å². The Kier molecular flexibility index (Phi) is 6.25. The molecule has 3 aliphatic heterocycles. The zero-order valence-electron chi connectivity index (χ0n) is 20.5. The first kappa shape index (κ1) is 25.6. The first-order valence-electron chi connectivity index (χ1n) is 11.4. The standard InChI is InChI=1S/C22H31N5O6S2/c1-22(2,3)10-12-27-21(29)18(19(28)16-7-6-11-26(16)27)20-23-15-9-8-14(25(4)34(5,30)31)13-17(15)35(32,33)24-20/h8-9,13,16,18H,6-7,10-12H2,1-5H3,(H,23,24). The molecule has 0 bridgehead atoms. The Morgan fingerprint density at radius 3 is 2.54 bits per heavy atom. The number of Topliss-reactive ketones (excluding diaryl/α,β-unsaturated/α-hetero) is 1. The highest BCUT2D eigenvalue weighted by Gasteiger charge is 2.51. The van der Waals surface area contributed by atoms with E-state index < -0.39 is 37.9 Å². The normalized spacial score (nSPS) is 24.5. The monoisotopic (exact) mass is 525 g/mol. The molecule has 0 aromatic heterocycles. The van der Waals surface area contributed by atoms with Crippen molar-refractivity contribution in [3.8, 4) is 0 Å². The van der Waals surface area contributed by atoms with E-state index in [9.17, 15) is 26.4 Å². The number of fused-ring (bicyclic) bond motifs is 2. The molecular weight excluding hydrogens is 494 g/mol. The summed E-state index contributed by atoms with van der Waals surface area (Å²) >= 11 is 0. The van der Waals surface area contributed by atoms with Crippen molar-refractivity contribution in [2.24, 2.45) is 15.7 Å². The van der Waals surface area contributed by atoms with Gasteiger partial charge in [0.15, 0.2) is 11.7 Å². The minimum absolute atomic E-state index is 0.0355. The fourth-order valence-electron chi connectivity index (χ4n) is 4.53. The molecule has 11 nitrogen and oxygen atoms in total. The Morgan fingerprint density at radius 2 is 1.91 bits per heavy atom. The van der Waals surface area contributed by atoms with E-state index in [1.807, 2.05) is 5.01 Å². The second-order valence-corrected chi connectivity index (χ2v) is 14.0. The summed E-state index contributed by atoms with van der Waals surface area (Å²) in [6.07, 6.45) is 3.07. The second-order valence-electron chi connectivity index (χ2n) is 10.4. The van der Waals surface area contributed by atoms with Crippen molar-refractivity contribution in [2.45, 2.75) is 51.0 Å². The lowest BCUT2D eigenvalue weighted by Crippen LogP contribution is -2.63. The zero-order chi connectivity index (χ0) is 25.9. The van der Waals surface area contributed by atoms with E-state index in [1.54, 1.807) is 5.01 Å². The number of nitrogens with one attached hydrogen (secondary N) is 1. The summed E-state index contributed by atoms with van der Waals surface area (Å²) in [4.78, 5) is 26.7. The Balaban J connectivity index is 1.70. The molecule has 1 aromatic rings. The molecule has 1 amide bonds. The van der Waals surface area contributed by atoms with Gasteiger partial charge in [-0.15, -0.1) is 4.40 Å². The number of benzene rings is 1. The van der Waals surface area contributed by atoms with E-state index in [4.69, 9.17) is 0 Å². The number of amidine groups is 1. The van der Waals surface area contributed by atoms with Gasteiger partial charge in [0.25, 0.3) is 15.9 Å². The molecular formula is C22H31N5O6S2. The van der Waals surface area contributed by atoms with Crippen LogP contribution in [0.15, 0.2) is 27.5 Å². The molecule has 2 atom stereocenters. The molecule has 0 saturated carbocycles. The van der Waals surface area contributed by atoms with Crippen LogP contribution in [0, 0.1) is 11.3 Å². The van der Waals surface area contributed by atoms with Crippen LogP contribution in [0.25, 0.3) is 0 Å². The number of nitrogens with zero attached hydrogens (tertiary/aromatic N) is 4. The summed E-state index contributed by atoms with van der Waals surface area (Å²) < 4.78 is 54.7. The van der Waals surface area contributed by atoms with Crippen molar-refractivity contribution in [1.29, 1.82) is 0 Å². The van der Waals surface area contributed by atoms with Crippen molar-refractivity contribution in [1.82, 2.24) is 10.0 Å². The van der Waals surface area contributed by atoms with E-state index in [0.29, 0.717) is 25.9 Å². The van der Waals surface area contributed by atoms with Crippen molar-refractivity contribution < 1.29 is 26.4 Å². The van der Waals surface area contributed by atoms with Gasteiger partial charge in [0.05, 0.1) is 23.7 Å². The number of anilines is 2. The predicted molar refractivity (Wildman–Crippen MR) is 132 cm³/mol. The van der Waals surface area contributed by atoms with E-state index in [1.165, 1.54) is 25.2 Å². The molecule has 0 radical (unpaired) electrons. The maximum Gasteiger partial charge on any atom is 0.286 e. The Morgan fingerprint density at radius 1 is 1.23 bits per heavy atom. The zero-order valence-corrected chi connectivity index (χ0v) is 22.1. The number of carbonyl (C=O) groups excluding carboxylic acids is 2. The highest BCUT2D eigenvalue weighted by molar-refractivity contribution is 7.92. The van der Waals surface area contributed by atoms with Crippen LogP contribution in [-0.4, -0.2) is 76.8 Å². The first-order valence-corrected chi connectivity index (χ1v) is 14.7. The van der Waals surface area contributed by atoms with Gasteiger partial charge in [-0.2, -0.15) is 8.42 Å². The number of hydrogen-bond donors (Lipinski definition) is 1. The minimum atomic E-state index is -4.30. The van der Waals surface area contributed by atoms with Crippen LogP contribution in [0.4, 0.5) is 11.4 Å². The highest BCUT2D eigenvalue weighted by Crippen LogP contribution is 2.36. The largest absolute Gasteiger partial charge is 0.341 e. The molecule has 0 spiro atoms. The highest BCUT2D eigenvalue weighted by atomic mass is 32.2. The number of amides is 1. The third-order valence-electron chi connectivity index (χ3n) is 6.58. The van der Waals surface area contributed by atoms with Crippen molar-refractivity contribution in [3.05, 3.63) is 18.2 Å². The second kappa shape index (κ2) is 8.56. The van der Waals surface area contributed by atoms with Gasteiger partial charge < -0.3 is 5.32 Å². The average Bonchev–Trinajstić information content (AvgIpc) is 3.21. The van der Waals surface area contributed by atoms with Crippen LogP contribution in [0.2, 0.25) is 0 Å². The topological polar surface area (TPSA) is 137 Å². The molecule has 13 heteroatoms. The maximum absolute atomic E-state index is 13.5. The number of ketones is 1. The molecule has 35 heavy (non-hydrogen) atoms. The van der Waals surface area contributed by atoms with Crippen LogP contribution in [0.5, 0.6) is 0 Å². The number of hydrazine groups is 1. The number of hydrogen-bond acceptors (Lipinski definition) is 8. The summed E-state index contributed by atoms with van der Waals surface area (Å²) in [6, 6.07) is 3.56. The first-order chi connectivity index (χ1) is 16.1. The molecule has 3 aliphatic rings. The van der Waals surface area contributed by atoms with E-state index in [2.05, 4.69) is 30.5 Å². The molecule has 1 aromatic carbocycles. The van der Waals surface area contributed by atoms with Gasteiger partial charge in [0, 0.05) is 20.1 Å². The number of sulfonamides is 2. The predicted octanol–water partition coefficient (Wildman–Crippen LogP) is 1.44. The van der Waals surface area contributed by atoms with Crippen molar-refractivity contribution in [3.63, 3.8) is 0 Å². The third kappa shape index (κ3) is 4.81. The Hall–Kier alpha value is -2.51. The Labute approximate surface area is 206 Å². The van der Waals surface area contributed by atoms with Crippen LogP contribution >= 0.6 is 0 Å². The molecule has 4 rings (SSSR count). The fourth-order valence-corrected chi connectivity index (χ4v) is 6.20. The fraction of sp³-hybridized carbons (Fsp3) is 0.591. The average molecular weight is 526 g/mol. The minimum Gasteiger partial charge on any atom is -0.341 e. The lowest BCUT2D eigenvalue weighted by molar-refractivity contribution is -0.168. The van der Waals surface area contributed by atoms with Gasteiger partial charge in [-0.05, 0) is 42.9 Å². The lowest BCUT2D eigenvalue weighted by atomic mass is 9.89.